The Morgan fingerprint density at radius 2 is 2.16 bits per heavy atom. The summed E-state index contributed by atoms with van der Waals surface area (Å²) in [4.78, 5) is 12.3. The van der Waals surface area contributed by atoms with E-state index in [9.17, 15) is 4.79 Å². The molecule has 0 radical (unpaired) electrons. The van der Waals surface area contributed by atoms with Crippen LogP contribution in [0.5, 0.6) is 0 Å². The second-order valence-electron chi connectivity index (χ2n) is 4.95. The van der Waals surface area contributed by atoms with E-state index < -0.39 is 0 Å². The van der Waals surface area contributed by atoms with E-state index >= 15 is 0 Å². The van der Waals surface area contributed by atoms with E-state index in [1.54, 1.807) is 0 Å². The molecule has 3 rings (SSSR count). The molecule has 0 saturated heterocycles. The van der Waals surface area contributed by atoms with Gasteiger partial charge in [-0.3, -0.25) is 4.79 Å². The molecule has 1 amide bonds. The van der Waals surface area contributed by atoms with E-state index in [-0.39, 0.29) is 5.91 Å². The number of aromatic nitrogens is 1. The molecule has 0 bridgehead atoms. The van der Waals surface area contributed by atoms with Gasteiger partial charge in [0.25, 0.3) is 5.91 Å². The van der Waals surface area contributed by atoms with Crippen molar-refractivity contribution in [1.82, 2.24) is 4.57 Å². The summed E-state index contributed by atoms with van der Waals surface area (Å²) in [5.41, 5.74) is 2.65. The van der Waals surface area contributed by atoms with Crippen LogP contribution in [-0.4, -0.2) is 10.5 Å². The second kappa shape index (κ2) is 4.85. The summed E-state index contributed by atoms with van der Waals surface area (Å²) in [6.07, 6.45) is 4.33. The Morgan fingerprint density at radius 3 is 2.84 bits per heavy atom. The lowest BCUT2D eigenvalue weighted by molar-refractivity contribution is 0.101. The lowest BCUT2D eigenvalue weighted by Gasteiger charge is -2.11. The minimum Gasteiger partial charge on any atom is -0.340 e. The highest BCUT2D eigenvalue weighted by molar-refractivity contribution is 9.10. The van der Waals surface area contributed by atoms with Gasteiger partial charge in [0.05, 0.1) is 0 Å². The molecule has 1 aliphatic rings. The molecule has 3 nitrogen and oxygen atoms in total. The number of nitrogens with one attached hydrogen (secondary N) is 1. The second-order valence-corrected chi connectivity index (χ2v) is 5.86. The van der Waals surface area contributed by atoms with Gasteiger partial charge in [0.2, 0.25) is 0 Å². The molecule has 1 saturated carbocycles. The summed E-state index contributed by atoms with van der Waals surface area (Å²) >= 11 is 3.42. The Kier molecular flexibility index (Phi) is 3.19. The maximum Gasteiger partial charge on any atom is 0.272 e. The summed E-state index contributed by atoms with van der Waals surface area (Å²) in [5, 5.41) is 2.98. The predicted molar refractivity (Wildman–Crippen MR) is 79.5 cm³/mol. The van der Waals surface area contributed by atoms with Crippen LogP contribution in [0.4, 0.5) is 5.69 Å². The highest BCUT2D eigenvalue weighted by atomic mass is 79.9. The SMILES string of the molecule is Cc1cc(Br)ccc1NC(=O)c1cccn1C1CC1. The summed E-state index contributed by atoms with van der Waals surface area (Å²) < 4.78 is 3.09. The van der Waals surface area contributed by atoms with Gasteiger partial charge in [-0.25, -0.2) is 0 Å². The number of aryl methyl sites for hydroxylation is 1. The number of hydrogen-bond donors (Lipinski definition) is 1. The summed E-state index contributed by atoms with van der Waals surface area (Å²) in [7, 11) is 0. The normalized spacial score (nSPS) is 14.4. The zero-order valence-electron chi connectivity index (χ0n) is 10.7. The highest BCUT2D eigenvalue weighted by Gasteiger charge is 2.26. The Labute approximate surface area is 120 Å². The van der Waals surface area contributed by atoms with Crippen molar-refractivity contribution in [2.24, 2.45) is 0 Å². The van der Waals surface area contributed by atoms with Gasteiger partial charge in [-0.2, -0.15) is 0 Å². The molecule has 1 fully saturated rings. The number of halogens is 1. The maximum absolute atomic E-state index is 12.3. The van der Waals surface area contributed by atoms with Gasteiger partial charge in [-0.1, -0.05) is 15.9 Å². The van der Waals surface area contributed by atoms with Gasteiger partial charge in [-0.05, 0) is 55.7 Å². The standard InChI is InChI=1S/C15H15BrN2O/c1-10-9-11(16)4-7-13(10)17-15(19)14-3-2-8-18(14)12-5-6-12/h2-4,7-9,12H,5-6H2,1H3,(H,17,19). The molecule has 1 aliphatic carbocycles. The van der Waals surface area contributed by atoms with E-state index in [1.807, 2.05) is 43.5 Å². The number of hydrogen-bond acceptors (Lipinski definition) is 1. The molecule has 1 N–H and O–H groups in total. The lowest BCUT2D eigenvalue weighted by Crippen LogP contribution is -2.16. The molecule has 0 unspecified atom stereocenters. The fourth-order valence-electron chi connectivity index (χ4n) is 2.21. The third-order valence-electron chi connectivity index (χ3n) is 3.39. The smallest absolute Gasteiger partial charge is 0.272 e. The molecule has 0 aliphatic heterocycles. The number of carbonyl (C=O) groups is 1. The molecule has 1 aromatic carbocycles. The van der Waals surface area contributed by atoms with E-state index in [2.05, 4.69) is 25.8 Å². The van der Waals surface area contributed by atoms with Crippen LogP contribution in [0.2, 0.25) is 0 Å². The maximum atomic E-state index is 12.3. The molecule has 19 heavy (non-hydrogen) atoms. The van der Waals surface area contributed by atoms with Crippen molar-refractivity contribution in [1.29, 1.82) is 0 Å². The fraction of sp³-hybridized carbons (Fsp3) is 0.267. The first-order valence-corrected chi connectivity index (χ1v) is 7.19. The van der Waals surface area contributed by atoms with E-state index in [4.69, 9.17) is 0 Å². The average molecular weight is 319 g/mol. The Bertz CT molecular complexity index is 629. The minimum absolute atomic E-state index is 0.0395. The summed E-state index contributed by atoms with van der Waals surface area (Å²) in [6.45, 7) is 1.99. The molecular formula is C15H15BrN2O. The molecule has 0 atom stereocenters. The van der Waals surface area contributed by atoms with Crippen LogP contribution in [0.25, 0.3) is 0 Å². The first kappa shape index (κ1) is 12.5. The topological polar surface area (TPSA) is 34.0 Å². The molecular weight excluding hydrogens is 304 g/mol. The van der Waals surface area contributed by atoms with Gasteiger partial charge >= 0.3 is 0 Å². The zero-order valence-corrected chi connectivity index (χ0v) is 12.3. The van der Waals surface area contributed by atoms with Crippen molar-refractivity contribution >= 4 is 27.5 Å². The minimum atomic E-state index is -0.0395. The predicted octanol–water partition coefficient (Wildman–Crippen LogP) is 4.15. The van der Waals surface area contributed by atoms with Gasteiger partial charge in [0, 0.05) is 22.4 Å². The van der Waals surface area contributed by atoms with Gasteiger partial charge < -0.3 is 9.88 Å². The van der Waals surface area contributed by atoms with Crippen molar-refractivity contribution in [3.63, 3.8) is 0 Å². The number of carbonyl (C=O) groups excluding carboxylic acids is 1. The van der Waals surface area contributed by atoms with Crippen LogP contribution in [0.3, 0.4) is 0 Å². The third-order valence-corrected chi connectivity index (χ3v) is 3.88. The van der Waals surface area contributed by atoms with E-state index in [1.165, 1.54) is 12.8 Å². The van der Waals surface area contributed by atoms with Gasteiger partial charge in [0.1, 0.15) is 5.69 Å². The van der Waals surface area contributed by atoms with Crippen molar-refractivity contribution in [3.05, 3.63) is 52.3 Å². The van der Waals surface area contributed by atoms with Crippen molar-refractivity contribution in [2.45, 2.75) is 25.8 Å². The number of benzene rings is 1. The number of nitrogens with zero attached hydrogens (tertiary/aromatic N) is 1. The first-order valence-electron chi connectivity index (χ1n) is 6.39. The monoisotopic (exact) mass is 318 g/mol. The fourth-order valence-corrected chi connectivity index (χ4v) is 2.69. The van der Waals surface area contributed by atoms with Crippen LogP contribution in [0.1, 0.15) is 34.9 Å². The summed E-state index contributed by atoms with van der Waals surface area (Å²) in [6, 6.07) is 10.2. The lowest BCUT2D eigenvalue weighted by atomic mass is 10.2. The average Bonchev–Trinajstić information content (AvgIpc) is 3.10. The van der Waals surface area contributed by atoms with Crippen molar-refractivity contribution < 1.29 is 4.79 Å². The Hall–Kier alpha value is -1.55. The van der Waals surface area contributed by atoms with Gasteiger partial charge in [0.15, 0.2) is 0 Å². The number of rotatable bonds is 3. The van der Waals surface area contributed by atoms with Gasteiger partial charge in [-0.15, -0.1) is 0 Å². The molecule has 1 aromatic heterocycles. The van der Waals surface area contributed by atoms with Crippen molar-refractivity contribution in [2.75, 3.05) is 5.32 Å². The Morgan fingerprint density at radius 1 is 1.37 bits per heavy atom. The molecule has 1 heterocycles. The van der Waals surface area contributed by atoms with Crippen LogP contribution in [0, 0.1) is 6.92 Å². The molecule has 98 valence electrons. The highest BCUT2D eigenvalue weighted by Crippen LogP contribution is 2.36. The largest absolute Gasteiger partial charge is 0.340 e. The molecule has 4 heteroatoms. The quantitative estimate of drug-likeness (QED) is 0.906. The first-order chi connectivity index (χ1) is 9.15. The van der Waals surface area contributed by atoms with E-state index in [0.717, 1.165) is 21.4 Å². The zero-order chi connectivity index (χ0) is 13.4. The number of amides is 1. The van der Waals surface area contributed by atoms with Crippen LogP contribution in [-0.2, 0) is 0 Å². The Balaban J connectivity index is 1.82. The van der Waals surface area contributed by atoms with Crippen LogP contribution >= 0.6 is 15.9 Å². The van der Waals surface area contributed by atoms with Crippen LogP contribution < -0.4 is 5.32 Å². The molecule has 2 aromatic rings. The summed E-state index contributed by atoms with van der Waals surface area (Å²) in [5.74, 6) is -0.0395. The number of anilines is 1. The third kappa shape index (κ3) is 2.59. The van der Waals surface area contributed by atoms with E-state index in [0.29, 0.717) is 6.04 Å². The van der Waals surface area contributed by atoms with Crippen LogP contribution in [0.15, 0.2) is 41.0 Å². The molecule has 0 spiro atoms. The van der Waals surface area contributed by atoms with Crippen molar-refractivity contribution in [3.8, 4) is 0 Å².